The molecule has 0 amide bonds. The number of rotatable bonds is 4. The number of carboxylic acid groups (broad SMARTS) is 1. The number of hydrogen-bond acceptors (Lipinski definition) is 2. The van der Waals surface area contributed by atoms with Crippen LogP contribution in [0.25, 0.3) is 0 Å². The molecule has 88 valence electrons. The molecule has 1 aromatic carbocycles. The smallest absolute Gasteiger partial charge is 0.337 e. The monoisotopic (exact) mass is 262 g/mol. The van der Waals surface area contributed by atoms with Crippen molar-refractivity contribution in [1.82, 2.24) is 0 Å². The first-order chi connectivity index (χ1) is 7.43. The van der Waals surface area contributed by atoms with Crippen LogP contribution in [0.3, 0.4) is 0 Å². The zero-order chi connectivity index (χ0) is 12.3. The zero-order valence-electron chi connectivity index (χ0n) is 8.57. The minimum Gasteiger partial charge on any atom is -0.478 e. The Morgan fingerprint density at radius 3 is 2.62 bits per heavy atom. The maximum absolute atomic E-state index is 10.8. The van der Waals surface area contributed by atoms with Crippen molar-refractivity contribution >= 4 is 28.7 Å². The van der Waals surface area contributed by atoms with Crippen LogP contribution in [0.5, 0.6) is 0 Å². The van der Waals surface area contributed by atoms with E-state index in [-0.39, 0.29) is 16.3 Å². The number of carbonyl (C=O) groups is 1. The van der Waals surface area contributed by atoms with E-state index in [0.29, 0.717) is 12.0 Å². The van der Waals surface area contributed by atoms with E-state index in [0.717, 1.165) is 5.56 Å². The average molecular weight is 263 g/mol. The van der Waals surface area contributed by atoms with Crippen molar-refractivity contribution < 1.29 is 18.7 Å². The summed E-state index contributed by atoms with van der Waals surface area (Å²) in [6.07, 6.45) is 0.397. The van der Waals surface area contributed by atoms with E-state index in [4.69, 9.17) is 21.3 Å². The molecule has 0 saturated carbocycles. The first-order valence-electron chi connectivity index (χ1n) is 4.52. The van der Waals surface area contributed by atoms with Gasteiger partial charge >= 0.3 is 5.97 Å². The third-order valence-corrected chi connectivity index (χ3v) is 3.32. The summed E-state index contributed by atoms with van der Waals surface area (Å²) in [5, 5.41) is 9.01. The molecule has 0 spiro atoms. The maximum atomic E-state index is 10.8. The van der Waals surface area contributed by atoms with Gasteiger partial charge in [-0.05, 0) is 30.5 Å². The van der Waals surface area contributed by atoms with E-state index in [1.807, 2.05) is 0 Å². The SMILES string of the molecule is Cc1c(CCS(=O)O)ccc(C(=O)O)c1Cl. The number of hydrogen-bond donors (Lipinski definition) is 2. The molecule has 0 radical (unpaired) electrons. The molecule has 1 aromatic rings. The van der Waals surface area contributed by atoms with Crippen molar-refractivity contribution in [2.75, 3.05) is 5.75 Å². The topological polar surface area (TPSA) is 74.6 Å². The molecule has 2 N–H and O–H groups in total. The van der Waals surface area contributed by atoms with Gasteiger partial charge in [-0.25, -0.2) is 9.00 Å². The number of aryl methyl sites for hydroxylation is 1. The lowest BCUT2D eigenvalue weighted by Gasteiger charge is -2.08. The van der Waals surface area contributed by atoms with Crippen LogP contribution in [-0.4, -0.2) is 25.6 Å². The fraction of sp³-hybridized carbons (Fsp3) is 0.300. The van der Waals surface area contributed by atoms with E-state index < -0.39 is 17.0 Å². The van der Waals surface area contributed by atoms with E-state index >= 15 is 0 Å². The minimum atomic E-state index is -1.85. The molecule has 1 atom stereocenters. The van der Waals surface area contributed by atoms with E-state index in [1.165, 1.54) is 6.07 Å². The Bertz CT molecular complexity index is 445. The Kier molecular flexibility index (Phi) is 4.46. The Labute approximate surface area is 101 Å². The molecule has 0 heterocycles. The highest BCUT2D eigenvalue weighted by Crippen LogP contribution is 2.24. The molecule has 6 heteroatoms. The first kappa shape index (κ1) is 13.2. The van der Waals surface area contributed by atoms with Crippen LogP contribution < -0.4 is 0 Å². The standard InChI is InChI=1S/C10H11ClO4S/c1-6-7(4-5-16(14)15)2-3-8(9(6)11)10(12)13/h2-3H,4-5H2,1H3,(H,12,13)(H,14,15). The lowest BCUT2D eigenvalue weighted by molar-refractivity contribution is 0.0697. The van der Waals surface area contributed by atoms with Gasteiger partial charge in [0, 0.05) is 0 Å². The third kappa shape index (κ3) is 3.04. The van der Waals surface area contributed by atoms with Crippen molar-refractivity contribution in [3.05, 3.63) is 33.8 Å². The van der Waals surface area contributed by atoms with Gasteiger partial charge in [-0.1, -0.05) is 17.7 Å². The van der Waals surface area contributed by atoms with Gasteiger partial charge in [-0.3, -0.25) is 0 Å². The second-order valence-corrected chi connectivity index (χ2v) is 4.72. The van der Waals surface area contributed by atoms with Crippen molar-refractivity contribution in [2.24, 2.45) is 0 Å². The summed E-state index contributed by atoms with van der Waals surface area (Å²) in [4.78, 5) is 10.8. The summed E-state index contributed by atoms with van der Waals surface area (Å²) < 4.78 is 19.2. The number of carboxylic acids is 1. The predicted octanol–water partition coefficient (Wildman–Crippen LogP) is 2.11. The molecule has 0 aliphatic rings. The Morgan fingerprint density at radius 1 is 1.50 bits per heavy atom. The molecule has 0 aliphatic carbocycles. The van der Waals surface area contributed by atoms with Crippen LogP contribution in [-0.2, 0) is 17.5 Å². The van der Waals surface area contributed by atoms with Crippen LogP contribution in [0.1, 0.15) is 21.5 Å². The quantitative estimate of drug-likeness (QED) is 0.815. The van der Waals surface area contributed by atoms with Gasteiger partial charge in [0.1, 0.15) is 0 Å². The van der Waals surface area contributed by atoms with Crippen LogP contribution in [0.4, 0.5) is 0 Å². The van der Waals surface area contributed by atoms with E-state index in [2.05, 4.69) is 0 Å². The normalized spacial score (nSPS) is 12.4. The third-order valence-electron chi connectivity index (χ3n) is 2.27. The summed E-state index contributed by atoms with van der Waals surface area (Å²) in [6, 6.07) is 3.03. The number of aromatic carboxylic acids is 1. The summed E-state index contributed by atoms with van der Waals surface area (Å²) in [6.45, 7) is 1.70. The van der Waals surface area contributed by atoms with Gasteiger partial charge in [0.05, 0.1) is 16.3 Å². The molecule has 1 rings (SSSR count). The van der Waals surface area contributed by atoms with Crippen molar-refractivity contribution in [3.8, 4) is 0 Å². The number of benzene rings is 1. The van der Waals surface area contributed by atoms with Gasteiger partial charge in [0.2, 0.25) is 0 Å². The van der Waals surface area contributed by atoms with Crippen molar-refractivity contribution in [3.63, 3.8) is 0 Å². The molecule has 0 fully saturated rings. The Hall–Kier alpha value is -0.910. The van der Waals surface area contributed by atoms with Gasteiger partial charge in [-0.15, -0.1) is 0 Å². The summed E-state index contributed by atoms with van der Waals surface area (Å²) in [5.74, 6) is -0.964. The second kappa shape index (κ2) is 5.43. The summed E-state index contributed by atoms with van der Waals surface area (Å²) >= 11 is 4.04. The fourth-order valence-corrected chi connectivity index (χ4v) is 2.02. The summed E-state index contributed by atoms with van der Waals surface area (Å²) in [5.41, 5.74) is 1.48. The molecular formula is C10H11ClO4S. The lowest BCUT2D eigenvalue weighted by atomic mass is 10.0. The average Bonchev–Trinajstić information content (AvgIpc) is 2.19. The minimum absolute atomic E-state index is 0.0491. The van der Waals surface area contributed by atoms with Gasteiger partial charge < -0.3 is 9.66 Å². The molecule has 1 unspecified atom stereocenters. The predicted molar refractivity (Wildman–Crippen MR) is 62.5 cm³/mol. The van der Waals surface area contributed by atoms with Crippen LogP contribution in [0.2, 0.25) is 5.02 Å². The first-order valence-corrected chi connectivity index (χ1v) is 6.17. The molecule has 0 bridgehead atoms. The lowest BCUT2D eigenvalue weighted by Crippen LogP contribution is -2.04. The van der Waals surface area contributed by atoms with Crippen molar-refractivity contribution in [1.29, 1.82) is 0 Å². The molecule has 4 nitrogen and oxygen atoms in total. The zero-order valence-corrected chi connectivity index (χ0v) is 10.1. The Morgan fingerprint density at radius 2 is 2.12 bits per heavy atom. The Balaban J connectivity index is 3.02. The van der Waals surface area contributed by atoms with Crippen LogP contribution in [0, 0.1) is 6.92 Å². The summed E-state index contributed by atoms with van der Waals surface area (Å²) in [7, 11) is 0. The molecule has 16 heavy (non-hydrogen) atoms. The molecule has 0 aromatic heterocycles. The highest BCUT2D eigenvalue weighted by atomic mass is 35.5. The van der Waals surface area contributed by atoms with E-state index in [9.17, 15) is 9.00 Å². The second-order valence-electron chi connectivity index (χ2n) is 3.29. The highest BCUT2D eigenvalue weighted by Gasteiger charge is 2.13. The largest absolute Gasteiger partial charge is 0.478 e. The number of halogens is 1. The van der Waals surface area contributed by atoms with Gasteiger partial charge in [0.15, 0.2) is 11.1 Å². The van der Waals surface area contributed by atoms with Crippen molar-refractivity contribution in [2.45, 2.75) is 13.3 Å². The molecule has 0 aliphatic heterocycles. The maximum Gasteiger partial charge on any atom is 0.337 e. The van der Waals surface area contributed by atoms with Gasteiger partial charge in [0.25, 0.3) is 0 Å². The highest BCUT2D eigenvalue weighted by molar-refractivity contribution is 7.79. The van der Waals surface area contributed by atoms with Crippen LogP contribution >= 0.6 is 11.6 Å². The fourth-order valence-electron chi connectivity index (χ4n) is 1.36. The van der Waals surface area contributed by atoms with Crippen LogP contribution in [0.15, 0.2) is 12.1 Å². The van der Waals surface area contributed by atoms with E-state index in [1.54, 1.807) is 13.0 Å². The molecular weight excluding hydrogens is 252 g/mol. The molecule has 0 saturated heterocycles. The van der Waals surface area contributed by atoms with Gasteiger partial charge in [-0.2, -0.15) is 0 Å².